The molecule has 0 spiro atoms. The van der Waals surface area contributed by atoms with Crippen molar-refractivity contribution in [3.8, 4) is 0 Å². The Morgan fingerprint density at radius 3 is 2.30 bits per heavy atom. The van der Waals surface area contributed by atoms with Gasteiger partial charge in [-0.25, -0.2) is 4.90 Å². The van der Waals surface area contributed by atoms with Crippen LogP contribution < -0.4 is 4.90 Å². The first-order chi connectivity index (χ1) is 10.9. The lowest BCUT2D eigenvalue weighted by Crippen LogP contribution is -2.31. The Morgan fingerprint density at radius 1 is 0.957 bits per heavy atom. The molecule has 2 aromatic rings. The lowest BCUT2D eigenvalue weighted by atomic mass is 10.00. The van der Waals surface area contributed by atoms with Crippen molar-refractivity contribution in [3.05, 3.63) is 69.9 Å². The number of amides is 2. The molecular formula is C18H14ClNO3. The first kappa shape index (κ1) is 15.3. The van der Waals surface area contributed by atoms with Gasteiger partial charge in [0.1, 0.15) is 0 Å². The van der Waals surface area contributed by atoms with Crippen molar-refractivity contribution in [1.29, 1.82) is 0 Å². The van der Waals surface area contributed by atoms with Crippen LogP contribution in [0.1, 0.15) is 16.7 Å². The molecule has 0 aromatic heterocycles. The number of halogens is 1. The Labute approximate surface area is 138 Å². The van der Waals surface area contributed by atoms with Crippen LogP contribution in [0.15, 0.2) is 48.2 Å². The van der Waals surface area contributed by atoms with Crippen LogP contribution in [-0.2, 0) is 9.59 Å². The molecule has 0 bridgehead atoms. The van der Waals surface area contributed by atoms with Crippen LogP contribution in [0.5, 0.6) is 0 Å². The van der Waals surface area contributed by atoms with E-state index in [-0.39, 0.29) is 16.3 Å². The van der Waals surface area contributed by atoms with E-state index in [0.29, 0.717) is 5.56 Å². The second-order valence-corrected chi connectivity index (χ2v) is 5.83. The summed E-state index contributed by atoms with van der Waals surface area (Å²) in [6.45, 7) is 3.86. The summed E-state index contributed by atoms with van der Waals surface area (Å²) in [4.78, 5) is 26.0. The fourth-order valence-electron chi connectivity index (χ4n) is 2.53. The normalized spacial score (nSPS) is 14.8. The molecule has 2 amide bonds. The van der Waals surface area contributed by atoms with Crippen LogP contribution in [0, 0.1) is 13.8 Å². The molecular weight excluding hydrogens is 314 g/mol. The van der Waals surface area contributed by atoms with Crippen LogP contribution >= 0.6 is 11.6 Å². The largest absolute Gasteiger partial charge is 0.502 e. The molecule has 23 heavy (non-hydrogen) atoms. The average molecular weight is 328 g/mol. The molecule has 1 aliphatic rings. The number of hydrogen-bond acceptors (Lipinski definition) is 3. The van der Waals surface area contributed by atoms with Gasteiger partial charge in [0.15, 0.2) is 5.76 Å². The summed E-state index contributed by atoms with van der Waals surface area (Å²) >= 11 is 6.08. The van der Waals surface area contributed by atoms with Gasteiger partial charge in [-0.2, -0.15) is 0 Å². The van der Waals surface area contributed by atoms with Crippen molar-refractivity contribution in [2.24, 2.45) is 0 Å². The molecule has 0 aliphatic carbocycles. The van der Waals surface area contributed by atoms with Crippen LogP contribution in [0.25, 0.3) is 5.57 Å². The second kappa shape index (κ2) is 5.56. The highest BCUT2D eigenvalue weighted by molar-refractivity contribution is 6.46. The van der Waals surface area contributed by atoms with Crippen LogP contribution in [0.2, 0.25) is 5.02 Å². The maximum absolute atomic E-state index is 12.7. The van der Waals surface area contributed by atoms with Crippen molar-refractivity contribution in [1.82, 2.24) is 0 Å². The van der Waals surface area contributed by atoms with E-state index in [2.05, 4.69) is 0 Å². The SMILES string of the molecule is Cc1ccc(C2=C(O)C(=O)N(c3ccccc3Cl)C2=O)cc1C. The van der Waals surface area contributed by atoms with E-state index < -0.39 is 17.6 Å². The molecule has 2 aromatic carbocycles. The van der Waals surface area contributed by atoms with Crippen LogP contribution in [0.4, 0.5) is 5.69 Å². The molecule has 4 nitrogen and oxygen atoms in total. The Kier molecular flexibility index (Phi) is 3.70. The number of hydrogen-bond donors (Lipinski definition) is 1. The monoisotopic (exact) mass is 327 g/mol. The summed E-state index contributed by atoms with van der Waals surface area (Å²) < 4.78 is 0. The predicted octanol–water partition coefficient (Wildman–Crippen LogP) is 3.80. The number of aliphatic hydroxyl groups excluding tert-OH is 1. The zero-order valence-electron chi connectivity index (χ0n) is 12.6. The summed E-state index contributed by atoms with van der Waals surface area (Å²) in [7, 11) is 0. The van der Waals surface area contributed by atoms with Crippen molar-refractivity contribution in [3.63, 3.8) is 0 Å². The Hall–Kier alpha value is -2.59. The molecule has 0 unspecified atom stereocenters. The fourth-order valence-corrected chi connectivity index (χ4v) is 2.75. The van der Waals surface area contributed by atoms with E-state index in [1.807, 2.05) is 19.9 Å². The number of benzene rings is 2. The maximum Gasteiger partial charge on any atom is 0.301 e. The number of carbonyl (C=O) groups is 2. The molecule has 1 aliphatic heterocycles. The summed E-state index contributed by atoms with van der Waals surface area (Å²) in [5, 5.41) is 10.5. The van der Waals surface area contributed by atoms with Gasteiger partial charge in [-0.3, -0.25) is 9.59 Å². The van der Waals surface area contributed by atoms with Gasteiger partial charge in [-0.1, -0.05) is 41.9 Å². The number of rotatable bonds is 2. The predicted molar refractivity (Wildman–Crippen MR) is 89.4 cm³/mol. The van der Waals surface area contributed by atoms with E-state index in [4.69, 9.17) is 11.6 Å². The van der Waals surface area contributed by atoms with Gasteiger partial charge in [0, 0.05) is 0 Å². The number of carbonyl (C=O) groups excluding carboxylic acids is 2. The van der Waals surface area contributed by atoms with Crippen LogP contribution in [-0.4, -0.2) is 16.9 Å². The lowest BCUT2D eigenvalue weighted by Gasteiger charge is -2.16. The molecule has 116 valence electrons. The number of nitrogens with zero attached hydrogens (tertiary/aromatic N) is 1. The van der Waals surface area contributed by atoms with Gasteiger partial charge in [0.2, 0.25) is 0 Å². The fraction of sp³-hybridized carbons (Fsp3) is 0.111. The quantitative estimate of drug-likeness (QED) is 0.853. The third-order valence-electron chi connectivity index (χ3n) is 3.95. The highest BCUT2D eigenvalue weighted by Crippen LogP contribution is 2.35. The minimum absolute atomic E-state index is 0.00183. The van der Waals surface area contributed by atoms with Crippen molar-refractivity contribution < 1.29 is 14.7 Å². The summed E-state index contributed by atoms with van der Waals surface area (Å²) in [6.07, 6.45) is 0. The highest BCUT2D eigenvalue weighted by atomic mass is 35.5. The molecule has 0 atom stereocenters. The number of aliphatic hydroxyl groups is 1. The topological polar surface area (TPSA) is 57.6 Å². The molecule has 0 radical (unpaired) electrons. The van der Waals surface area contributed by atoms with Gasteiger partial charge < -0.3 is 5.11 Å². The van der Waals surface area contributed by atoms with Crippen molar-refractivity contribution in [2.45, 2.75) is 13.8 Å². The van der Waals surface area contributed by atoms with Crippen LogP contribution in [0.3, 0.4) is 0 Å². The van der Waals surface area contributed by atoms with Gasteiger partial charge in [0.25, 0.3) is 5.91 Å². The molecule has 0 fully saturated rings. The van der Waals surface area contributed by atoms with Crippen molar-refractivity contribution >= 4 is 34.7 Å². The third-order valence-corrected chi connectivity index (χ3v) is 4.27. The van der Waals surface area contributed by atoms with Gasteiger partial charge in [-0.15, -0.1) is 0 Å². The zero-order chi connectivity index (χ0) is 16.7. The molecule has 3 rings (SSSR count). The number of imide groups is 1. The summed E-state index contributed by atoms with van der Waals surface area (Å²) in [6, 6.07) is 11.9. The minimum Gasteiger partial charge on any atom is -0.502 e. The number of aryl methyl sites for hydroxylation is 2. The van der Waals surface area contributed by atoms with Gasteiger partial charge in [-0.05, 0) is 42.7 Å². The number of para-hydroxylation sites is 1. The maximum atomic E-state index is 12.7. The molecule has 0 saturated heterocycles. The molecule has 5 heteroatoms. The number of anilines is 1. The first-order valence-corrected chi connectivity index (χ1v) is 7.44. The smallest absolute Gasteiger partial charge is 0.301 e. The Bertz CT molecular complexity index is 870. The van der Waals surface area contributed by atoms with E-state index in [0.717, 1.165) is 16.0 Å². The van der Waals surface area contributed by atoms with Gasteiger partial charge in [0.05, 0.1) is 16.3 Å². The van der Waals surface area contributed by atoms with E-state index in [1.165, 1.54) is 0 Å². The van der Waals surface area contributed by atoms with E-state index >= 15 is 0 Å². The zero-order valence-corrected chi connectivity index (χ0v) is 13.4. The highest BCUT2D eigenvalue weighted by Gasteiger charge is 2.41. The molecule has 1 heterocycles. The Balaban J connectivity index is 2.10. The van der Waals surface area contributed by atoms with Gasteiger partial charge >= 0.3 is 5.91 Å². The first-order valence-electron chi connectivity index (χ1n) is 7.06. The summed E-state index contributed by atoms with van der Waals surface area (Å²) in [5.74, 6) is -1.90. The summed E-state index contributed by atoms with van der Waals surface area (Å²) in [5.41, 5.74) is 2.80. The van der Waals surface area contributed by atoms with E-state index in [1.54, 1.807) is 36.4 Å². The third kappa shape index (κ3) is 2.41. The standard InChI is InChI=1S/C18H14ClNO3/c1-10-7-8-12(9-11(10)2)15-16(21)18(23)20(17(15)22)14-6-4-3-5-13(14)19/h3-9,21H,1-2H3. The molecule has 0 saturated carbocycles. The Morgan fingerprint density at radius 2 is 1.65 bits per heavy atom. The molecule has 1 N–H and O–H groups in total. The average Bonchev–Trinajstić information content (AvgIpc) is 2.73. The second-order valence-electron chi connectivity index (χ2n) is 5.42. The lowest BCUT2D eigenvalue weighted by molar-refractivity contribution is -0.121. The minimum atomic E-state index is -0.767. The van der Waals surface area contributed by atoms with E-state index in [9.17, 15) is 14.7 Å². The van der Waals surface area contributed by atoms with Crippen molar-refractivity contribution in [2.75, 3.05) is 4.90 Å².